The molecule has 1 aromatic rings. The Kier molecular flexibility index (Phi) is 3.27. The lowest BCUT2D eigenvalue weighted by Crippen LogP contribution is -2.36. The summed E-state index contributed by atoms with van der Waals surface area (Å²) in [5, 5.41) is 3.43. The van der Waals surface area contributed by atoms with Crippen LogP contribution in [-0.2, 0) is 4.74 Å². The molecule has 2 fully saturated rings. The summed E-state index contributed by atoms with van der Waals surface area (Å²) in [5.74, 6) is 0.548. The molecule has 0 spiro atoms. The maximum absolute atomic E-state index is 14.0. The summed E-state index contributed by atoms with van der Waals surface area (Å²) in [7, 11) is 1.27. The van der Waals surface area contributed by atoms with Crippen molar-refractivity contribution in [1.82, 2.24) is 5.32 Å². The third kappa shape index (κ3) is 2.14. The Bertz CT molecular complexity index is 487. The van der Waals surface area contributed by atoms with Crippen molar-refractivity contribution in [2.24, 2.45) is 11.8 Å². The molecular formula is C15H18FNO2. The van der Waals surface area contributed by atoms with Gasteiger partial charge in [0.2, 0.25) is 0 Å². The van der Waals surface area contributed by atoms with Crippen molar-refractivity contribution < 1.29 is 13.9 Å². The second kappa shape index (κ2) is 4.93. The van der Waals surface area contributed by atoms with E-state index in [9.17, 15) is 9.18 Å². The Morgan fingerprint density at radius 3 is 2.58 bits per heavy atom. The Morgan fingerprint density at radius 2 is 2.00 bits per heavy atom. The number of ether oxygens (including phenoxy) is 1. The molecule has 1 aliphatic carbocycles. The Labute approximate surface area is 112 Å². The molecular weight excluding hydrogens is 245 g/mol. The predicted octanol–water partition coefficient (Wildman–Crippen LogP) is 2.33. The summed E-state index contributed by atoms with van der Waals surface area (Å²) in [4.78, 5) is 11.4. The van der Waals surface area contributed by atoms with Gasteiger partial charge >= 0.3 is 5.97 Å². The van der Waals surface area contributed by atoms with E-state index >= 15 is 0 Å². The molecule has 1 aromatic carbocycles. The van der Waals surface area contributed by atoms with E-state index in [0.29, 0.717) is 17.8 Å². The van der Waals surface area contributed by atoms with Crippen LogP contribution in [0.5, 0.6) is 0 Å². The van der Waals surface area contributed by atoms with E-state index in [1.807, 2.05) is 6.07 Å². The number of hydrogen-bond donors (Lipinski definition) is 1. The van der Waals surface area contributed by atoms with E-state index < -0.39 is 11.8 Å². The van der Waals surface area contributed by atoms with Crippen molar-refractivity contribution in [3.8, 4) is 0 Å². The third-order valence-electron chi connectivity index (χ3n) is 4.52. The summed E-state index contributed by atoms with van der Waals surface area (Å²) < 4.78 is 18.6. The molecule has 2 bridgehead atoms. The fourth-order valence-corrected chi connectivity index (χ4v) is 3.64. The van der Waals surface area contributed by atoms with E-state index in [1.165, 1.54) is 26.0 Å². The molecule has 0 aromatic heterocycles. The SMILES string of the molecule is COC(=O)c1ccc(C2[C@@H]3CC[C@H]2CNC3)cc1F. The van der Waals surface area contributed by atoms with Gasteiger partial charge < -0.3 is 10.1 Å². The van der Waals surface area contributed by atoms with Crippen LogP contribution in [0.15, 0.2) is 18.2 Å². The first-order chi connectivity index (χ1) is 9.20. The normalized spacial score (nSPS) is 29.3. The molecule has 1 N–H and O–H groups in total. The number of carbonyl (C=O) groups excluding carboxylic acids is 1. The van der Waals surface area contributed by atoms with Crippen LogP contribution >= 0.6 is 0 Å². The summed E-state index contributed by atoms with van der Waals surface area (Å²) in [6.45, 7) is 2.03. The van der Waals surface area contributed by atoms with E-state index in [1.54, 1.807) is 6.07 Å². The van der Waals surface area contributed by atoms with Gasteiger partial charge in [0.25, 0.3) is 0 Å². The molecule has 102 valence electrons. The summed E-state index contributed by atoms with van der Waals surface area (Å²) >= 11 is 0. The molecule has 0 radical (unpaired) electrons. The molecule has 1 aliphatic heterocycles. The van der Waals surface area contributed by atoms with Crippen LogP contribution in [0, 0.1) is 17.7 Å². The number of hydrogen-bond acceptors (Lipinski definition) is 3. The van der Waals surface area contributed by atoms with Gasteiger partial charge in [-0.2, -0.15) is 0 Å². The fraction of sp³-hybridized carbons (Fsp3) is 0.533. The summed E-state index contributed by atoms with van der Waals surface area (Å²) in [6, 6.07) is 4.96. The zero-order valence-electron chi connectivity index (χ0n) is 11.0. The Morgan fingerprint density at radius 1 is 1.32 bits per heavy atom. The highest BCUT2D eigenvalue weighted by Gasteiger charge is 2.39. The zero-order valence-corrected chi connectivity index (χ0v) is 11.0. The van der Waals surface area contributed by atoms with E-state index in [2.05, 4.69) is 10.1 Å². The molecule has 1 saturated heterocycles. The summed E-state index contributed by atoms with van der Waals surface area (Å²) in [5.41, 5.74) is 1.05. The van der Waals surface area contributed by atoms with E-state index in [-0.39, 0.29) is 5.56 Å². The first-order valence-corrected chi connectivity index (χ1v) is 6.79. The number of carbonyl (C=O) groups is 1. The Hall–Kier alpha value is -1.42. The van der Waals surface area contributed by atoms with Gasteiger partial charge in [0.1, 0.15) is 5.82 Å². The second-order valence-electron chi connectivity index (χ2n) is 5.51. The number of piperidine rings is 1. The van der Waals surface area contributed by atoms with Gasteiger partial charge in [-0.15, -0.1) is 0 Å². The standard InChI is InChI=1S/C15H18FNO2/c1-19-15(18)12-5-4-9(6-13(12)16)14-10-2-3-11(14)8-17-7-10/h4-6,10-11,14,17H,2-3,7-8H2,1H3/t10-,11+,14?. The zero-order chi connectivity index (χ0) is 13.4. The molecule has 1 heterocycles. The lowest BCUT2D eigenvalue weighted by molar-refractivity contribution is 0.0595. The average molecular weight is 263 g/mol. The predicted molar refractivity (Wildman–Crippen MR) is 69.6 cm³/mol. The van der Waals surface area contributed by atoms with Gasteiger partial charge in [0.15, 0.2) is 0 Å². The minimum Gasteiger partial charge on any atom is -0.465 e. The van der Waals surface area contributed by atoms with Crippen molar-refractivity contribution in [3.63, 3.8) is 0 Å². The van der Waals surface area contributed by atoms with Crippen molar-refractivity contribution in [2.45, 2.75) is 18.8 Å². The highest BCUT2D eigenvalue weighted by atomic mass is 19.1. The van der Waals surface area contributed by atoms with Gasteiger partial charge in [-0.3, -0.25) is 0 Å². The molecule has 2 aliphatic rings. The number of nitrogens with one attached hydrogen (secondary N) is 1. The van der Waals surface area contributed by atoms with Gasteiger partial charge in [0, 0.05) is 0 Å². The van der Waals surface area contributed by atoms with Crippen LogP contribution in [0.2, 0.25) is 0 Å². The highest BCUT2D eigenvalue weighted by Crippen LogP contribution is 2.45. The minimum atomic E-state index is -0.614. The Balaban J connectivity index is 1.90. The van der Waals surface area contributed by atoms with Crippen LogP contribution in [0.4, 0.5) is 4.39 Å². The van der Waals surface area contributed by atoms with Crippen LogP contribution < -0.4 is 5.32 Å². The van der Waals surface area contributed by atoms with Crippen molar-refractivity contribution in [2.75, 3.05) is 20.2 Å². The van der Waals surface area contributed by atoms with Crippen molar-refractivity contribution >= 4 is 5.97 Å². The quantitative estimate of drug-likeness (QED) is 0.832. The number of rotatable bonds is 2. The van der Waals surface area contributed by atoms with E-state index in [0.717, 1.165) is 18.7 Å². The smallest absolute Gasteiger partial charge is 0.340 e. The van der Waals surface area contributed by atoms with Crippen LogP contribution in [0.1, 0.15) is 34.7 Å². The largest absolute Gasteiger partial charge is 0.465 e. The van der Waals surface area contributed by atoms with E-state index in [4.69, 9.17) is 0 Å². The molecule has 0 amide bonds. The first kappa shape index (κ1) is 12.6. The highest BCUT2D eigenvalue weighted by molar-refractivity contribution is 5.89. The number of methoxy groups -OCH3 is 1. The van der Waals surface area contributed by atoms with Crippen molar-refractivity contribution in [3.05, 3.63) is 35.1 Å². The van der Waals surface area contributed by atoms with Crippen LogP contribution in [0.25, 0.3) is 0 Å². The maximum Gasteiger partial charge on any atom is 0.340 e. The molecule has 3 atom stereocenters. The molecule has 3 nitrogen and oxygen atoms in total. The van der Waals surface area contributed by atoms with Gasteiger partial charge in [-0.05, 0) is 61.4 Å². The monoisotopic (exact) mass is 263 g/mol. The van der Waals surface area contributed by atoms with Gasteiger partial charge in [-0.25, -0.2) is 9.18 Å². The molecule has 1 saturated carbocycles. The topological polar surface area (TPSA) is 38.3 Å². The molecule has 19 heavy (non-hydrogen) atoms. The fourth-order valence-electron chi connectivity index (χ4n) is 3.64. The minimum absolute atomic E-state index is 0.0209. The lowest BCUT2D eigenvalue weighted by atomic mass is 9.80. The number of halogens is 1. The molecule has 4 heteroatoms. The van der Waals surface area contributed by atoms with Gasteiger partial charge in [-0.1, -0.05) is 6.07 Å². The second-order valence-corrected chi connectivity index (χ2v) is 5.51. The van der Waals surface area contributed by atoms with Crippen LogP contribution in [-0.4, -0.2) is 26.2 Å². The molecule has 1 unspecified atom stereocenters. The lowest BCUT2D eigenvalue weighted by Gasteiger charge is -2.31. The first-order valence-electron chi connectivity index (χ1n) is 6.79. The summed E-state index contributed by atoms with van der Waals surface area (Å²) in [6.07, 6.45) is 2.42. The number of benzene rings is 1. The molecule has 3 rings (SSSR count). The maximum atomic E-state index is 14.0. The van der Waals surface area contributed by atoms with Crippen LogP contribution in [0.3, 0.4) is 0 Å². The number of esters is 1. The average Bonchev–Trinajstić information content (AvgIpc) is 2.67. The number of fused-ring (bicyclic) bond motifs is 2. The van der Waals surface area contributed by atoms with Gasteiger partial charge in [0.05, 0.1) is 12.7 Å². The van der Waals surface area contributed by atoms with Crippen molar-refractivity contribution in [1.29, 1.82) is 0 Å². The third-order valence-corrected chi connectivity index (χ3v) is 4.52.